The number of aliphatic hydroxyl groups excluding tert-OH is 4. The molecule has 1 aliphatic heterocycles. The highest BCUT2D eigenvalue weighted by Gasteiger charge is 2.52. The van der Waals surface area contributed by atoms with E-state index in [9.17, 15) is 24.8 Å². The molecule has 0 radical (unpaired) electrons. The molecule has 1 rings (SSSR count). The summed E-state index contributed by atoms with van der Waals surface area (Å²) in [5, 5.41) is 45.6. The van der Waals surface area contributed by atoms with Crippen LogP contribution < -0.4 is 0 Å². The quantitative estimate of drug-likeness (QED) is 0.336. The second kappa shape index (κ2) is 4.05. The van der Waals surface area contributed by atoms with Crippen LogP contribution in [0.1, 0.15) is 0 Å². The Hall–Kier alpha value is -0.310. The summed E-state index contributed by atoms with van der Waals surface area (Å²) >= 11 is 0. The Morgan fingerprint density at radius 1 is 1.21 bits per heavy atom. The molecule has 6 nitrogen and oxygen atoms in total. The number of ether oxygens (including phenoxy) is 1. The summed E-state index contributed by atoms with van der Waals surface area (Å²) in [6.45, 7) is -2.15. The zero-order valence-corrected chi connectivity index (χ0v) is 7.25. The minimum absolute atomic E-state index is 0.701. The summed E-state index contributed by atoms with van der Waals surface area (Å²) in [7, 11) is 0. The van der Waals surface area contributed by atoms with Gasteiger partial charge in [0.25, 0.3) is 0 Å². The third kappa shape index (κ3) is 1.74. The third-order valence-corrected chi connectivity index (χ3v) is 2.24. The Bertz CT molecular complexity index is 201. The lowest BCUT2D eigenvalue weighted by Crippen LogP contribution is -2.66. The van der Waals surface area contributed by atoms with Gasteiger partial charge in [0.15, 0.2) is 0 Å². The number of aliphatic hydroxyl groups is 5. The van der Waals surface area contributed by atoms with Gasteiger partial charge in [-0.1, -0.05) is 0 Å². The molecule has 0 amide bonds. The van der Waals surface area contributed by atoms with Gasteiger partial charge in [0, 0.05) is 0 Å². The number of hydrogen-bond donors (Lipinski definition) is 5. The van der Waals surface area contributed by atoms with Crippen molar-refractivity contribution < 1.29 is 34.7 Å². The first-order valence-electron chi connectivity index (χ1n) is 4.07. The first kappa shape index (κ1) is 11.8. The van der Waals surface area contributed by atoms with E-state index in [2.05, 4.69) is 4.74 Å². The van der Waals surface area contributed by atoms with Crippen molar-refractivity contribution in [3.63, 3.8) is 0 Å². The molecule has 1 aliphatic rings. The zero-order valence-electron chi connectivity index (χ0n) is 7.25. The fraction of sp³-hybridized carbons (Fsp3) is 1.00. The lowest BCUT2D eigenvalue weighted by atomic mass is 9.93. The first-order valence-corrected chi connectivity index (χ1v) is 4.07. The Morgan fingerprint density at radius 3 is 2.21 bits per heavy atom. The van der Waals surface area contributed by atoms with Crippen LogP contribution >= 0.6 is 0 Å². The highest BCUT2D eigenvalue weighted by molar-refractivity contribution is 4.95. The Morgan fingerprint density at radius 2 is 1.79 bits per heavy atom. The molecular weight excluding hydrogens is 199 g/mol. The molecule has 0 saturated carbocycles. The molecule has 7 heteroatoms. The average molecular weight is 212 g/mol. The standard InChI is InChI=1S/C7H13FO6/c8-2-7(13)6(12)5(11)4(10)3(1-9)14-7/h3-6,9-13H,1-2H2/t3-,4+,5+,6+,7+/m0/s1. The van der Waals surface area contributed by atoms with Crippen molar-refractivity contribution in [2.45, 2.75) is 30.2 Å². The van der Waals surface area contributed by atoms with Crippen LogP contribution in [0.25, 0.3) is 0 Å². The summed E-state index contributed by atoms with van der Waals surface area (Å²) in [5.41, 5.74) is 0. The van der Waals surface area contributed by atoms with E-state index in [1.165, 1.54) is 0 Å². The highest BCUT2D eigenvalue weighted by atomic mass is 19.1. The molecule has 0 aromatic rings. The molecule has 0 aromatic heterocycles. The summed E-state index contributed by atoms with van der Waals surface area (Å²) in [6.07, 6.45) is -6.61. The molecule has 1 heterocycles. The minimum Gasteiger partial charge on any atom is -0.394 e. The van der Waals surface area contributed by atoms with Gasteiger partial charge in [-0.25, -0.2) is 4.39 Å². The van der Waals surface area contributed by atoms with Gasteiger partial charge in [0.1, 0.15) is 31.1 Å². The van der Waals surface area contributed by atoms with Gasteiger partial charge < -0.3 is 30.3 Å². The van der Waals surface area contributed by atoms with Crippen molar-refractivity contribution in [1.29, 1.82) is 0 Å². The van der Waals surface area contributed by atoms with Crippen molar-refractivity contribution >= 4 is 0 Å². The molecule has 5 N–H and O–H groups in total. The van der Waals surface area contributed by atoms with Crippen molar-refractivity contribution in [1.82, 2.24) is 0 Å². The lowest BCUT2D eigenvalue weighted by Gasteiger charge is -2.43. The van der Waals surface area contributed by atoms with Gasteiger partial charge in [-0.3, -0.25) is 0 Å². The molecule has 0 aromatic carbocycles. The fourth-order valence-corrected chi connectivity index (χ4v) is 1.33. The minimum atomic E-state index is -2.58. The third-order valence-electron chi connectivity index (χ3n) is 2.24. The van der Waals surface area contributed by atoms with Crippen LogP contribution in [0.5, 0.6) is 0 Å². The van der Waals surface area contributed by atoms with E-state index in [1.54, 1.807) is 0 Å². The van der Waals surface area contributed by atoms with E-state index in [4.69, 9.17) is 5.11 Å². The van der Waals surface area contributed by atoms with Crippen LogP contribution in [0.4, 0.5) is 4.39 Å². The molecule has 0 spiro atoms. The van der Waals surface area contributed by atoms with Crippen molar-refractivity contribution in [3.05, 3.63) is 0 Å². The summed E-state index contributed by atoms with van der Waals surface area (Å²) in [6, 6.07) is 0. The van der Waals surface area contributed by atoms with E-state index in [-0.39, 0.29) is 0 Å². The summed E-state index contributed by atoms with van der Waals surface area (Å²) in [4.78, 5) is 0. The van der Waals surface area contributed by atoms with E-state index in [0.717, 1.165) is 0 Å². The smallest absolute Gasteiger partial charge is 0.224 e. The van der Waals surface area contributed by atoms with E-state index >= 15 is 0 Å². The van der Waals surface area contributed by atoms with Crippen LogP contribution in [0.15, 0.2) is 0 Å². The molecule has 5 atom stereocenters. The van der Waals surface area contributed by atoms with Gasteiger partial charge >= 0.3 is 0 Å². The molecule has 0 aliphatic carbocycles. The van der Waals surface area contributed by atoms with Crippen LogP contribution in [0.3, 0.4) is 0 Å². The summed E-state index contributed by atoms with van der Waals surface area (Å²) < 4.78 is 16.9. The van der Waals surface area contributed by atoms with Crippen LogP contribution in [-0.4, -0.2) is 69.0 Å². The monoisotopic (exact) mass is 212 g/mol. The number of rotatable bonds is 2. The maximum Gasteiger partial charge on any atom is 0.224 e. The Kier molecular flexibility index (Phi) is 3.40. The van der Waals surface area contributed by atoms with Gasteiger partial charge in [-0.2, -0.15) is 0 Å². The van der Waals surface area contributed by atoms with Gasteiger partial charge in [0.05, 0.1) is 6.61 Å². The van der Waals surface area contributed by atoms with Crippen LogP contribution in [0.2, 0.25) is 0 Å². The Labute approximate surface area is 79.2 Å². The van der Waals surface area contributed by atoms with Crippen molar-refractivity contribution in [2.75, 3.05) is 13.3 Å². The molecule has 84 valence electrons. The van der Waals surface area contributed by atoms with E-state index < -0.39 is 43.5 Å². The largest absolute Gasteiger partial charge is 0.394 e. The fourth-order valence-electron chi connectivity index (χ4n) is 1.33. The van der Waals surface area contributed by atoms with Crippen LogP contribution in [0, 0.1) is 0 Å². The zero-order chi connectivity index (χ0) is 10.9. The Balaban J connectivity index is 2.84. The van der Waals surface area contributed by atoms with Crippen molar-refractivity contribution in [3.8, 4) is 0 Å². The maximum atomic E-state index is 12.3. The van der Waals surface area contributed by atoms with E-state index in [0.29, 0.717) is 0 Å². The number of alkyl halides is 1. The predicted molar refractivity (Wildman–Crippen MR) is 40.9 cm³/mol. The topological polar surface area (TPSA) is 110 Å². The number of halogens is 1. The normalized spacial score (nSPS) is 49.3. The van der Waals surface area contributed by atoms with Gasteiger partial charge in [0.2, 0.25) is 5.79 Å². The average Bonchev–Trinajstić information content (AvgIpc) is 2.20. The van der Waals surface area contributed by atoms with E-state index in [1.807, 2.05) is 0 Å². The van der Waals surface area contributed by atoms with Crippen LogP contribution in [-0.2, 0) is 4.74 Å². The number of hydrogen-bond acceptors (Lipinski definition) is 6. The van der Waals surface area contributed by atoms with Gasteiger partial charge in [-0.15, -0.1) is 0 Å². The highest BCUT2D eigenvalue weighted by Crippen LogP contribution is 2.28. The molecular formula is C7H13FO6. The second-order valence-corrected chi connectivity index (χ2v) is 3.24. The van der Waals surface area contributed by atoms with Crippen molar-refractivity contribution in [2.24, 2.45) is 0 Å². The SMILES string of the molecule is OC[C@@H]1O[C@](O)(CF)[C@H](O)[C@H](O)[C@@H]1O. The molecule has 0 bridgehead atoms. The lowest BCUT2D eigenvalue weighted by molar-refractivity contribution is -0.352. The van der Waals surface area contributed by atoms with Gasteiger partial charge in [-0.05, 0) is 0 Å². The maximum absolute atomic E-state index is 12.3. The molecule has 1 saturated heterocycles. The molecule has 14 heavy (non-hydrogen) atoms. The molecule has 1 fully saturated rings. The predicted octanol–water partition coefficient (Wildman–Crippen LogP) is -2.88. The summed E-state index contributed by atoms with van der Waals surface area (Å²) in [5.74, 6) is -2.58. The second-order valence-electron chi connectivity index (χ2n) is 3.24. The first-order chi connectivity index (χ1) is 6.46. The molecule has 0 unspecified atom stereocenters.